The lowest BCUT2D eigenvalue weighted by Gasteiger charge is -2.10. The van der Waals surface area contributed by atoms with E-state index in [1.54, 1.807) is 18.2 Å². The number of rotatable bonds is 4. The predicted octanol–water partition coefficient (Wildman–Crippen LogP) is 8.10. The highest BCUT2D eigenvalue weighted by Gasteiger charge is 2.27. The van der Waals surface area contributed by atoms with Crippen LogP contribution in [0, 0.1) is 17.7 Å². The van der Waals surface area contributed by atoms with Gasteiger partial charge in [0.15, 0.2) is 0 Å². The zero-order valence-electron chi connectivity index (χ0n) is 18.1. The van der Waals surface area contributed by atoms with E-state index in [1.165, 1.54) is 29.8 Å². The maximum absolute atomic E-state index is 15.2. The third-order valence-corrected chi connectivity index (χ3v) is 5.47. The fraction of sp³-hybridized carbons (Fsp3) is 0.172. The number of halogens is 4. The van der Waals surface area contributed by atoms with Crippen molar-refractivity contribution in [1.82, 2.24) is 0 Å². The molecule has 0 aromatic heterocycles. The van der Waals surface area contributed by atoms with E-state index in [1.807, 2.05) is 24.3 Å². The molecule has 4 aromatic rings. The minimum absolute atomic E-state index is 0.149. The molecule has 0 saturated heterocycles. The molecule has 0 fully saturated rings. The van der Waals surface area contributed by atoms with Crippen LogP contribution < -0.4 is 0 Å². The van der Waals surface area contributed by atoms with Crippen LogP contribution in [0.3, 0.4) is 0 Å². The molecule has 0 bridgehead atoms. The molecule has 4 aromatic carbocycles. The molecule has 0 aliphatic carbocycles. The second kappa shape index (κ2) is 9.50. The molecule has 0 spiro atoms. The Labute approximate surface area is 190 Å². The molecule has 166 valence electrons. The van der Waals surface area contributed by atoms with E-state index in [4.69, 9.17) is 0 Å². The summed E-state index contributed by atoms with van der Waals surface area (Å²) in [5, 5.41) is 1.16. The van der Waals surface area contributed by atoms with Crippen molar-refractivity contribution in [2.24, 2.45) is 0 Å². The SMILES string of the molecule is CCCc1ccc(C#Cc2ccc3c(F)c(-c4ccc(CC(F)(F)F)cc4)ccc3c2)cc1. The lowest BCUT2D eigenvalue weighted by atomic mass is 9.98. The highest BCUT2D eigenvalue weighted by Crippen LogP contribution is 2.30. The molecule has 0 nitrogen and oxygen atoms in total. The zero-order valence-corrected chi connectivity index (χ0v) is 18.1. The molecule has 0 heterocycles. The number of benzene rings is 4. The third-order valence-electron chi connectivity index (χ3n) is 5.47. The number of hydrogen-bond acceptors (Lipinski definition) is 0. The van der Waals surface area contributed by atoms with Crippen LogP contribution in [-0.4, -0.2) is 6.18 Å². The van der Waals surface area contributed by atoms with E-state index < -0.39 is 18.4 Å². The van der Waals surface area contributed by atoms with Crippen molar-refractivity contribution in [2.45, 2.75) is 32.4 Å². The fourth-order valence-electron chi connectivity index (χ4n) is 3.81. The lowest BCUT2D eigenvalue weighted by Crippen LogP contribution is -2.11. The minimum atomic E-state index is -4.27. The highest BCUT2D eigenvalue weighted by atomic mass is 19.4. The van der Waals surface area contributed by atoms with E-state index in [0.29, 0.717) is 16.5 Å². The average Bonchev–Trinajstić information content (AvgIpc) is 2.79. The first kappa shape index (κ1) is 22.6. The molecule has 33 heavy (non-hydrogen) atoms. The van der Waals surface area contributed by atoms with Crippen LogP contribution >= 0.6 is 0 Å². The number of alkyl halides is 3. The van der Waals surface area contributed by atoms with Crippen LogP contribution in [0.15, 0.2) is 78.9 Å². The van der Waals surface area contributed by atoms with Gasteiger partial charge in [-0.3, -0.25) is 0 Å². The Morgan fingerprint density at radius 2 is 1.36 bits per heavy atom. The topological polar surface area (TPSA) is 0 Å². The number of aryl methyl sites for hydroxylation is 1. The monoisotopic (exact) mass is 446 g/mol. The Kier molecular flexibility index (Phi) is 6.51. The molecule has 4 rings (SSSR count). The van der Waals surface area contributed by atoms with Crippen LogP contribution in [0.2, 0.25) is 0 Å². The summed E-state index contributed by atoms with van der Waals surface area (Å²) < 4.78 is 52.9. The lowest BCUT2D eigenvalue weighted by molar-refractivity contribution is -0.127. The Morgan fingerprint density at radius 3 is 2.03 bits per heavy atom. The summed E-state index contributed by atoms with van der Waals surface area (Å²) in [7, 11) is 0. The van der Waals surface area contributed by atoms with Crippen molar-refractivity contribution in [3.05, 3.63) is 107 Å². The van der Waals surface area contributed by atoms with Crippen LogP contribution in [0.4, 0.5) is 17.6 Å². The molecular formula is C29H22F4. The predicted molar refractivity (Wildman–Crippen MR) is 126 cm³/mol. The van der Waals surface area contributed by atoms with Crippen molar-refractivity contribution in [1.29, 1.82) is 0 Å². The van der Waals surface area contributed by atoms with Gasteiger partial charge in [0, 0.05) is 22.1 Å². The van der Waals surface area contributed by atoms with Gasteiger partial charge in [-0.05, 0) is 52.8 Å². The van der Waals surface area contributed by atoms with E-state index >= 15 is 4.39 Å². The minimum Gasteiger partial charge on any atom is -0.206 e. The molecule has 0 unspecified atom stereocenters. The largest absolute Gasteiger partial charge is 0.393 e. The quantitative estimate of drug-likeness (QED) is 0.219. The summed E-state index contributed by atoms with van der Waals surface area (Å²) in [4.78, 5) is 0. The molecular weight excluding hydrogens is 424 g/mol. The second-order valence-electron chi connectivity index (χ2n) is 8.05. The number of hydrogen-bond donors (Lipinski definition) is 0. The number of fused-ring (bicyclic) bond motifs is 1. The van der Waals surface area contributed by atoms with Crippen molar-refractivity contribution in [3.8, 4) is 23.0 Å². The maximum Gasteiger partial charge on any atom is 0.393 e. The van der Waals surface area contributed by atoms with E-state index in [9.17, 15) is 13.2 Å². The third kappa shape index (κ3) is 5.62. The fourth-order valence-corrected chi connectivity index (χ4v) is 3.81. The van der Waals surface area contributed by atoms with Gasteiger partial charge in [-0.1, -0.05) is 79.8 Å². The molecule has 0 N–H and O–H groups in total. The summed E-state index contributed by atoms with van der Waals surface area (Å²) in [5.41, 5.74) is 4.03. The van der Waals surface area contributed by atoms with Gasteiger partial charge in [0.25, 0.3) is 0 Å². The first-order valence-electron chi connectivity index (χ1n) is 10.8. The van der Waals surface area contributed by atoms with Crippen molar-refractivity contribution >= 4 is 10.8 Å². The second-order valence-corrected chi connectivity index (χ2v) is 8.05. The zero-order chi connectivity index (χ0) is 23.4. The Hall–Kier alpha value is -3.58. The molecule has 0 radical (unpaired) electrons. The van der Waals surface area contributed by atoms with E-state index in [-0.39, 0.29) is 5.56 Å². The van der Waals surface area contributed by atoms with E-state index in [0.717, 1.165) is 29.4 Å². The molecule has 0 aliphatic rings. The first-order valence-corrected chi connectivity index (χ1v) is 10.8. The van der Waals surface area contributed by atoms with Crippen LogP contribution in [-0.2, 0) is 12.8 Å². The molecule has 0 amide bonds. The smallest absolute Gasteiger partial charge is 0.206 e. The molecule has 0 aliphatic heterocycles. The first-order chi connectivity index (χ1) is 15.8. The van der Waals surface area contributed by atoms with Gasteiger partial charge in [0.05, 0.1) is 6.42 Å². The summed E-state index contributed by atoms with van der Waals surface area (Å²) in [5.74, 6) is 5.87. The molecule has 0 saturated carbocycles. The van der Waals surface area contributed by atoms with Gasteiger partial charge in [0.1, 0.15) is 5.82 Å². The van der Waals surface area contributed by atoms with Gasteiger partial charge in [0.2, 0.25) is 0 Å². The standard InChI is InChI=1S/C29H22F4/c1-2-3-20-4-6-21(7-5-20)8-9-22-12-16-27-25(18-22)15-17-26(28(27)30)24-13-10-23(11-14-24)19-29(31,32)33/h4-7,10-18H,2-3,19H2,1H3. The van der Waals surface area contributed by atoms with Gasteiger partial charge < -0.3 is 0 Å². The maximum atomic E-state index is 15.2. The van der Waals surface area contributed by atoms with Crippen molar-refractivity contribution < 1.29 is 17.6 Å². The highest BCUT2D eigenvalue weighted by molar-refractivity contribution is 5.89. The van der Waals surface area contributed by atoms with Crippen molar-refractivity contribution in [3.63, 3.8) is 0 Å². The van der Waals surface area contributed by atoms with Crippen LogP contribution in [0.25, 0.3) is 21.9 Å². The summed E-state index contributed by atoms with van der Waals surface area (Å²) >= 11 is 0. The van der Waals surface area contributed by atoms with Gasteiger partial charge in [-0.2, -0.15) is 13.2 Å². The van der Waals surface area contributed by atoms with Gasteiger partial charge in [-0.15, -0.1) is 0 Å². The van der Waals surface area contributed by atoms with E-state index in [2.05, 4.69) is 30.9 Å². The normalized spacial score (nSPS) is 11.3. The summed E-state index contributed by atoms with van der Waals surface area (Å²) in [6.45, 7) is 2.15. The molecule has 4 heteroatoms. The van der Waals surface area contributed by atoms with Gasteiger partial charge in [-0.25, -0.2) is 4.39 Å². The summed E-state index contributed by atoms with van der Waals surface area (Å²) in [6, 6.07) is 22.8. The Morgan fingerprint density at radius 1 is 0.727 bits per heavy atom. The Balaban J connectivity index is 1.58. The summed E-state index contributed by atoms with van der Waals surface area (Å²) in [6.07, 6.45) is -3.12. The average molecular weight is 446 g/mol. The van der Waals surface area contributed by atoms with Crippen LogP contribution in [0.1, 0.15) is 35.6 Å². The van der Waals surface area contributed by atoms with Crippen molar-refractivity contribution in [2.75, 3.05) is 0 Å². The van der Waals surface area contributed by atoms with Gasteiger partial charge >= 0.3 is 6.18 Å². The Bertz CT molecular complexity index is 1320. The van der Waals surface area contributed by atoms with Crippen LogP contribution in [0.5, 0.6) is 0 Å². The molecule has 0 atom stereocenters.